The molecule has 0 aromatic rings. The molecule has 28 heavy (non-hydrogen) atoms. The molecule has 0 aromatic carbocycles. The molecule has 8 rings (SSSR count). The molecule has 1 saturated carbocycles. The fraction of sp³-hybridized carbons (Fsp3) is 0.700. The zero-order valence-corrected chi connectivity index (χ0v) is 15.3. The number of epoxide rings is 2. The number of ketones is 2. The fourth-order valence-corrected chi connectivity index (χ4v) is 6.86. The Kier molecular flexibility index (Phi) is 2.67. The van der Waals surface area contributed by atoms with Gasteiger partial charge in [-0.05, 0) is 19.4 Å². The van der Waals surface area contributed by atoms with E-state index in [2.05, 4.69) is 0 Å². The molecule has 3 aliphatic carbocycles. The first-order valence-corrected chi connectivity index (χ1v) is 9.90. The first kappa shape index (κ1) is 16.2. The molecular weight excluding hydrogens is 368 g/mol. The van der Waals surface area contributed by atoms with Crippen molar-refractivity contribution in [2.45, 2.75) is 68.8 Å². The van der Waals surface area contributed by atoms with Crippen molar-refractivity contribution in [2.24, 2.45) is 17.3 Å². The van der Waals surface area contributed by atoms with Crippen LogP contribution in [-0.4, -0.2) is 76.7 Å². The van der Waals surface area contributed by atoms with Gasteiger partial charge in [-0.3, -0.25) is 9.59 Å². The van der Waals surface area contributed by atoms with E-state index in [1.807, 2.05) is 13.8 Å². The third-order valence-corrected chi connectivity index (χ3v) is 8.00. The van der Waals surface area contributed by atoms with Crippen molar-refractivity contribution >= 4 is 11.6 Å². The summed E-state index contributed by atoms with van der Waals surface area (Å²) >= 11 is 0. The number of Topliss-reactive ketones (excluding diaryl/α,β-unsaturated/α-hetero) is 2. The van der Waals surface area contributed by atoms with Crippen LogP contribution in [0.2, 0.25) is 0 Å². The second kappa shape index (κ2) is 4.60. The summed E-state index contributed by atoms with van der Waals surface area (Å²) in [6, 6.07) is 0. The molecule has 8 aliphatic rings. The molecule has 4 fully saturated rings. The lowest BCUT2D eigenvalue weighted by molar-refractivity contribution is -0.210. The highest BCUT2D eigenvalue weighted by Gasteiger charge is 2.78. The predicted octanol–water partition coefficient (Wildman–Crippen LogP) is -0.973. The number of aliphatic hydroxyl groups excluding tert-OH is 2. The Morgan fingerprint density at radius 2 is 1.68 bits per heavy atom. The first-order valence-electron chi connectivity index (χ1n) is 9.90. The summed E-state index contributed by atoms with van der Waals surface area (Å²) < 4.78 is 23.1. The summed E-state index contributed by atoms with van der Waals surface area (Å²) in [5.41, 5.74) is 0.269. The number of hydrogen-bond donors (Lipinski definition) is 2. The molecule has 148 valence electrons. The third kappa shape index (κ3) is 1.47. The fourth-order valence-electron chi connectivity index (χ4n) is 6.86. The molecule has 8 nitrogen and oxygen atoms in total. The van der Waals surface area contributed by atoms with Crippen LogP contribution in [0.15, 0.2) is 23.0 Å². The van der Waals surface area contributed by atoms with Crippen LogP contribution in [0.5, 0.6) is 0 Å². The Hall–Kier alpha value is -1.58. The number of carbonyl (C=O) groups is 2. The number of ether oxygens (including phenoxy) is 4. The van der Waals surface area contributed by atoms with Gasteiger partial charge in [-0.25, -0.2) is 0 Å². The topological polar surface area (TPSA) is 118 Å². The number of aliphatic hydroxyl groups is 2. The van der Waals surface area contributed by atoms with Crippen molar-refractivity contribution < 1.29 is 38.7 Å². The van der Waals surface area contributed by atoms with E-state index in [1.54, 1.807) is 0 Å². The van der Waals surface area contributed by atoms with Crippen LogP contribution < -0.4 is 0 Å². The van der Waals surface area contributed by atoms with Gasteiger partial charge < -0.3 is 29.2 Å². The molecule has 2 bridgehead atoms. The maximum atomic E-state index is 13.7. The number of hydrogen-bond acceptors (Lipinski definition) is 8. The Balaban J connectivity index is 1.52. The lowest BCUT2D eigenvalue weighted by Crippen LogP contribution is -2.72. The quantitative estimate of drug-likeness (QED) is 0.509. The Labute approximate surface area is 160 Å². The molecule has 1 spiro atoms. The van der Waals surface area contributed by atoms with Gasteiger partial charge >= 0.3 is 0 Å². The summed E-state index contributed by atoms with van der Waals surface area (Å²) in [6.07, 6.45) is -4.40. The van der Waals surface area contributed by atoms with E-state index in [4.69, 9.17) is 18.9 Å². The lowest BCUT2D eigenvalue weighted by atomic mass is 9.45. The molecule has 12 atom stereocenters. The van der Waals surface area contributed by atoms with Crippen LogP contribution in [-0.2, 0) is 28.5 Å². The van der Waals surface area contributed by atoms with Gasteiger partial charge in [0.2, 0.25) is 0 Å². The molecule has 0 radical (unpaired) electrons. The van der Waals surface area contributed by atoms with Gasteiger partial charge in [0.25, 0.3) is 0 Å². The zero-order chi connectivity index (χ0) is 19.3. The average molecular weight is 388 g/mol. The van der Waals surface area contributed by atoms with Crippen LogP contribution in [0.1, 0.15) is 13.8 Å². The molecular formula is C20H20O8. The van der Waals surface area contributed by atoms with Crippen molar-refractivity contribution in [3.8, 4) is 0 Å². The minimum Gasteiger partial charge on any atom is -0.498 e. The van der Waals surface area contributed by atoms with E-state index >= 15 is 0 Å². The van der Waals surface area contributed by atoms with Crippen LogP contribution in [0.25, 0.3) is 0 Å². The highest BCUT2D eigenvalue weighted by molar-refractivity contribution is 6.06. The van der Waals surface area contributed by atoms with Gasteiger partial charge in [-0.2, -0.15) is 0 Å². The highest BCUT2D eigenvalue weighted by atomic mass is 16.6. The van der Waals surface area contributed by atoms with E-state index in [9.17, 15) is 19.8 Å². The lowest BCUT2D eigenvalue weighted by Gasteiger charge is -2.63. The normalized spacial score (nSPS) is 60.0. The van der Waals surface area contributed by atoms with Crippen molar-refractivity contribution in [1.82, 2.24) is 0 Å². The van der Waals surface area contributed by atoms with Crippen molar-refractivity contribution in [2.75, 3.05) is 0 Å². The monoisotopic (exact) mass is 388 g/mol. The molecule has 2 N–H and O–H groups in total. The molecule has 4 unspecified atom stereocenters. The number of fused-ring (bicyclic) bond motifs is 3. The average Bonchev–Trinajstić information content (AvgIpc) is 3.57. The van der Waals surface area contributed by atoms with E-state index in [0.29, 0.717) is 16.7 Å². The van der Waals surface area contributed by atoms with Crippen LogP contribution in [0.4, 0.5) is 0 Å². The SMILES string of the molecule is C[C@H]1OC2C3=C(C(=O)[C@@H]4O[C@@H]4[C@H]3O)[C@@H]1[C@@H]1[C@@H](C)OC=C3[C@H](O)C4OC4C(=O)C321. The van der Waals surface area contributed by atoms with Gasteiger partial charge in [0.15, 0.2) is 11.6 Å². The van der Waals surface area contributed by atoms with Crippen molar-refractivity contribution in [3.05, 3.63) is 23.0 Å². The standard InChI is InChI=1S/C20H20O8/c1-4-7-8-9(13(23)16-15(27-16)12(8)22)19(26-4)20-6(3-25-5(2)10(7)20)11(21)14-17(28-14)18(20)24/h3-5,7,10-11,13-17,19,21,23H,1-2H3/t4-,5-,7-,10+,11+,13+,14?,15+,16-,17?,19?,20?/m1/s1. The van der Waals surface area contributed by atoms with E-state index in [1.165, 1.54) is 6.26 Å². The molecule has 0 aromatic heterocycles. The van der Waals surface area contributed by atoms with Gasteiger partial charge in [0.1, 0.15) is 36.6 Å². The van der Waals surface area contributed by atoms with E-state index in [0.717, 1.165) is 0 Å². The second-order valence-corrected chi connectivity index (χ2v) is 9.09. The Morgan fingerprint density at radius 1 is 0.964 bits per heavy atom. The highest BCUT2D eigenvalue weighted by Crippen LogP contribution is 2.67. The van der Waals surface area contributed by atoms with Crippen LogP contribution in [0.3, 0.4) is 0 Å². The maximum absolute atomic E-state index is 13.7. The first-order chi connectivity index (χ1) is 13.4. The minimum absolute atomic E-state index is 0.113. The molecule has 3 saturated heterocycles. The second-order valence-electron chi connectivity index (χ2n) is 9.09. The van der Waals surface area contributed by atoms with Crippen LogP contribution in [0, 0.1) is 17.3 Å². The van der Waals surface area contributed by atoms with Crippen LogP contribution >= 0.6 is 0 Å². The summed E-state index contributed by atoms with van der Waals surface area (Å²) in [7, 11) is 0. The van der Waals surface area contributed by atoms with Gasteiger partial charge in [-0.1, -0.05) is 0 Å². The predicted molar refractivity (Wildman–Crippen MR) is 88.8 cm³/mol. The van der Waals surface area contributed by atoms with E-state index < -0.39 is 54.1 Å². The Bertz CT molecular complexity index is 921. The van der Waals surface area contributed by atoms with E-state index in [-0.39, 0.29) is 29.7 Å². The van der Waals surface area contributed by atoms with Crippen molar-refractivity contribution in [1.29, 1.82) is 0 Å². The molecule has 8 heteroatoms. The summed E-state index contributed by atoms with van der Waals surface area (Å²) in [4.78, 5) is 26.7. The van der Waals surface area contributed by atoms with Gasteiger partial charge in [0.05, 0.1) is 30.0 Å². The molecule has 0 amide bonds. The smallest absolute Gasteiger partial charge is 0.190 e. The number of carbonyl (C=O) groups excluding carboxylic acids is 2. The summed E-state index contributed by atoms with van der Waals surface area (Å²) in [6.45, 7) is 3.77. The molecule has 5 aliphatic heterocycles. The summed E-state index contributed by atoms with van der Waals surface area (Å²) in [5.74, 6) is -1.05. The molecule has 5 heterocycles. The maximum Gasteiger partial charge on any atom is 0.190 e. The largest absolute Gasteiger partial charge is 0.498 e. The summed E-state index contributed by atoms with van der Waals surface area (Å²) in [5, 5.41) is 21.8. The van der Waals surface area contributed by atoms with Gasteiger partial charge in [0, 0.05) is 23.0 Å². The zero-order valence-electron chi connectivity index (χ0n) is 15.3. The van der Waals surface area contributed by atoms with Crippen molar-refractivity contribution in [3.63, 3.8) is 0 Å². The van der Waals surface area contributed by atoms with Gasteiger partial charge in [-0.15, -0.1) is 0 Å². The number of rotatable bonds is 0. The minimum atomic E-state index is -1.19. The Morgan fingerprint density at radius 3 is 2.46 bits per heavy atom. The third-order valence-electron chi connectivity index (χ3n) is 8.00.